The highest BCUT2D eigenvalue weighted by Crippen LogP contribution is 2.40. The SMILES string of the molecule is O=S(=O)(C1CCNCC1)N1CC2CCC1C2. The summed E-state index contributed by atoms with van der Waals surface area (Å²) in [7, 11) is -3.00. The number of sulfonamides is 1. The zero-order chi connectivity index (χ0) is 11.2. The fourth-order valence-electron chi connectivity index (χ4n) is 3.48. The van der Waals surface area contributed by atoms with Crippen molar-refractivity contribution in [1.29, 1.82) is 0 Å². The summed E-state index contributed by atoms with van der Waals surface area (Å²) in [6.07, 6.45) is 5.02. The predicted molar refractivity (Wildman–Crippen MR) is 62.6 cm³/mol. The van der Waals surface area contributed by atoms with Gasteiger partial charge in [-0.3, -0.25) is 0 Å². The summed E-state index contributed by atoms with van der Waals surface area (Å²) < 4.78 is 26.8. The zero-order valence-corrected chi connectivity index (χ0v) is 10.4. The van der Waals surface area contributed by atoms with Crippen LogP contribution in [0, 0.1) is 5.92 Å². The quantitative estimate of drug-likeness (QED) is 0.772. The maximum atomic E-state index is 12.5. The first-order valence-electron chi connectivity index (χ1n) is 6.39. The van der Waals surface area contributed by atoms with E-state index in [2.05, 4.69) is 5.32 Å². The third-order valence-electron chi connectivity index (χ3n) is 4.39. The van der Waals surface area contributed by atoms with E-state index < -0.39 is 10.0 Å². The second kappa shape index (κ2) is 3.96. The molecule has 0 aromatic rings. The van der Waals surface area contributed by atoms with Crippen LogP contribution in [0.2, 0.25) is 0 Å². The first-order chi connectivity index (χ1) is 7.68. The van der Waals surface area contributed by atoms with Crippen LogP contribution in [0.25, 0.3) is 0 Å². The van der Waals surface area contributed by atoms with Crippen LogP contribution < -0.4 is 5.32 Å². The van der Waals surface area contributed by atoms with Crippen molar-refractivity contribution in [2.45, 2.75) is 43.4 Å². The lowest BCUT2D eigenvalue weighted by Crippen LogP contribution is -2.46. The topological polar surface area (TPSA) is 49.4 Å². The number of hydrogen-bond donors (Lipinski definition) is 1. The van der Waals surface area contributed by atoms with Gasteiger partial charge in [0.2, 0.25) is 10.0 Å². The van der Waals surface area contributed by atoms with Crippen molar-refractivity contribution in [1.82, 2.24) is 9.62 Å². The van der Waals surface area contributed by atoms with Gasteiger partial charge < -0.3 is 5.32 Å². The average molecular weight is 244 g/mol. The summed E-state index contributed by atoms with van der Waals surface area (Å²) in [6.45, 7) is 2.51. The molecule has 5 heteroatoms. The van der Waals surface area contributed by atoms with E-state index in [1.54, 1.807) is 0 Å². The monoisotopic (exact) mass is 244 g/mol. The van der Waals surface area contributed by atoms with E-state index in [1.807, 2.05) is 4.31 Å². The molecule has 2 saturated heterocycles. The van der Waals surface area contributed by atoms with Gasteiger partial charge in [-0.25, -0.2) is 8.42 Å². The Balaban J connectivity index is 1.77. The van der Waals surface area contributed by atoms with Crippen molar-refractivity contribution in [3.8, 4) is 0 Å². The van der Waals surface area contributed by atoms with E-state index in [9.17, 15) is 8.42 Å². The van der Waals surface area contributed by atoms with Crippen molar-refractivity contribution in [3.05, 3.63) is 0 Å². The third kappa shape index (κ3) is 1.69. The highest BCUT2D eigenvalue weighted by atomic mass is 32.2. The van der Waals surface area contributed by atoms with E-state index in [-0.39, 0.29) is 5.25 Å². The minimum atomic E-state index is -3.00. The summed E-state index contributed by atoms with van der Waals surface area (Å²) in [5.74, 6) is 0.654. The van der Waals surface area contributed by atoms with Crippen LogP contribution in [-0.2, 0) is 10.0 Å². The Kier molecular flexibility index (Phi) is 2.72. The Morgan fingerprint density at radius 1 is 1.06 bits per heavy atom. The van der Waals surface area contributed by atoms with Crippen LogP contribution in [-0.4, -0.2) is 43.6 Å². The lowest BCUT2D eigenvalue weighted by Gasteiger charge is -2.32. The van der Waals surface area contributed by atoms with Gasteiger partial charge in [0.05, 0.1) is 5.25 Å². The van der Waals surface area contributed by atoms with Crippen molar-refractivity contribution in [3.63, 3.8) is 0 Å². The van der Waals surface area contributed by atoms with E-state index in [0.717, 1.165) is 45.3 Å². The van der Waals surface area contributed by atoms with Crippen molar-refractivity contribution in [2.24, 2.45) is 5.92 Å². The molecule has 2 unspecified atom stereocenters. The minimum absolute atomic E-state index is 0.118. The van der Waals surface area contributed by atoms with Gasteiger partial charge >= 0.3 is 0 Å². The van der Waals surface area contributed by atoms with Crippen LogP contribution in [0.4, 0.5) is 0 Å². The first kappa shape index (κ1) is 11.0. The molecule has 3 rings (SSSR count). The molecule has 1 aliphatic carbocycles. The summed E-state index contributed by atoms with van der Waals surface area (Å²) in [5.41, 5.74) is 0. The fourth-order valence-corrected chi connectivity index (χ4v) is 5.72. The molecule has 0 amide bonds. The molecule has 4 nitrogen and oxygen atoms in total. The maximum absolute atomic E-state index is 12.5. The normalized spacial score (nSPS) is 37.0. The van der Waals surface area contributed by atoms with Gasteiger partial charge in [-0.15, -0.1) is 0 Å². The molecule has 1 saturated carbocycles. The lowest BCUT2D eigenvalue weighted by molar-refractivity contribution is 0.324. The van der Waals surface area contributed by atoms with Crippen LogP contribution in [0.15, 0.2) is 0 Å². The molecule has 0 aromatic heterocycles. The Morgan fingerprint density at radius 2 is 1.81 bits per heavy atom. The molecule has 0 aromatic carbocycles. The predicted octanol–water partition coefficient (Wildman–Crippen LogP) is 0.552. The van der Waals surface area contributed by atoms with Crippen LogP contribution in [0.5, 0.6) is 0 Å². The standard InChI is InChI=1S/C11H20N2O2S/c14-16(15,11-3-5-12-6-4-11)13-8-9-1-2-10(13)7-9/h9-12H,1-8H2. The largest absolute Gasteiger partial charge is 0.317 e. The summed E-state index contributed by atoms with van der Waals surface area (Å²) in [5, 5.41) is 3.11. The zero-order valence-electron chi connectivity index (χ0n) is 9.56. The van der Waals surface area contributed by atoms with Gasteiger partial charge in [0.1, 0.15) is 0 Å². The molecule has 1 N–H and O–H groups in total. The van der Waals surface area contributed by atoms with E-state index in [0.29, 0.717) is 12.0 Å². The Labute approximate surface area is 97.4 Å². The number of hydrogen-bond acceptors (Lipinski definition) is 3. The summed E-state index contributed by atoms with van der Waals surface area (Å²) in [4.78, 5) is 0. The van der Waals surface area contributed by atoms with Crippen molar-refractivity contribution in [2.75, 3.05) is 19.6 Å². The second-order valence-electron chi connectivity index (χ2n) is 5.40. The Hall–Kier alpha value is -0.130. The molecule has 92 valence electrons. The molecule has 0 radical (unpaired) electrons. The van der Waals surface area contributed by atoms with Crippen LogP contribution in [0.3, 0.4) is 0 Å². The maximum Gasteiger partial charge on any atom is 0.217 e. The molecular formula is C11H20N2O2S. The van der Waals surface area contributed by atoms with Gasteiger partial charge in [0.25, 0.3) is 0 Å². The van der Waals surface area contributed by atoms with Crippen LogP contribution in [0.1, 0.15) is 32.1 Å². The fraction of sp³-hybridized carbons (Fsp3) is 1.00. The molecule has 0 spiro atoms. The third-order valence-corrected chi connectivity index (χ3v) is 6.81. The van der Waals surface area contributed by atoms with E-state index in [4.69, 9.17) is 0 Å². The molecular weight excluding hydrogens is 224 g/mol. The van der Waals surface area contributed by atoms with Crippen LogP contribution >= 0.6 is 0 Å². The molecule has 16 heavy (non-hydrogen) atoms. The first-order valence-corrected chi connectivity index (χ1v) is 7.89. The van der Waals surface area contributed by atoms with E-state index >= 15 is 0 Å². The number of nitrogens with zero attached hydrogens (tertiary/aromatic N) is 1. The molecule has 3 aliphatic rings. The number of rotatable bonds is 2. The van der Waals surface area contributed by atoms with Gasteiger partial charge in [-0.2, -0.15) is 4.31 Å². The van der Waals surface area contributed by atoms with Gasteiger partial charge in [0, 0.05) is 12.6 Å². The highest BCUT2D eigenvalue weighted by Gasteiger charge is 2.46. The number of nitrogens with one attached hydrogen (secondary N) is 1. The minimum Gasteiger partial charge on any atom is -0.317 e. The molecule has 2 atom stereocenters. The smallest absolute Gasteiger partial charge is 0.217 e. The molecule has 2 aliphatic heterocycles. The molecule has 2 heterocycles. The molecule has 2 bridgehead atoms. The highest BCUT2D eigenvalue weighted by molar-refractivity contribution is 7.89. The van der Waals surface area contributed by atoms with Gasteiger partial charge in [0.15, 0.2) is 0 Å². The Morgan fingerprint density at radius 3 is 2.38 bits per heavy atom. The van der Waals surface area contributed by atoms with Gasteiger partial charge in [-0.05, 0) is 51.1 Å². The Bertz CT molecular complexity index is 362. The molecule has 3 fully saturated rings. The number of piperidine rings is 2. The number of fused-ring (bicyclic) bond motifs is 2. The van der Waals surface area contributed by atoms with Gasteiger partial charge in [-0.1, -0.05) is 0 Å². The second-order valence-corrected chi connectivity index (χ2v) is 7.56. The summed E-state index contributed by atoms with van der Waals surface area (Å²) >= 11 is 0. The average Bonchev–Trinajstić information content (AvgIpc) is 2.92. The van der Waals surface area contributed by atoms with Crippen molar-refractivity contribution >= 4 is 10.0 Å². The van der Waals surface area contributed by atoms with E-state index in [1.165, 1.54) is 6.42 Å². The summed E-state index contributed by atoms with van der Waals surface area (Å²) in [6, 6.07) is 0.338. The van der Waals surface area contributed by atoms with Crippen molar-refractivity contribution < 1.29 is 8.42 Å². The lowest BCUT2D eigenvalue weighted by atomic mass is 10.1.